The van der Waals surface area contributed by atoms with E-state index in [0.717, 1.165) is 41.5 Å². The number of halogens is 3. The number of amides is 2. The Labute approximate surface area is 283 Å². The Morgan fingerprint density at radius 1 is 0.854 bits per heavy atom. The lowest BCUT2D eigenvalue weighted by atomic mass is 9.94. The van der Waals surface area contributed by atoms with Crippen LogP contribution < -0.4 is 15.2 Å². The number of benzene rings is 4. The zero-order chi connectivity index (χ0) is 34.1. The van der Waals surface area contributed by atoms with Gasteiger partial charge in [-0.1, -0.05) is 60.1 Å². The molecule has 0 spiro atoms. The van der Waals surface area contributed by atoms with E-state index in [0.29, 0.717) is 21.7 Å². The Kier molecular flexibility index (Phi) is 9.74. The van der Waals surface area contributed by atoms with Crippen LogP contribution in [0.25, 0.3) is 21.9 Å². The number of primary amides is 1. The van der Waals surface area contributed by atoms with Crippen LogP contribution in [0.5, 0.6) is 5.75 Å². The van der Waals surface area contributed by atoms with Gasteiger partial charge in [0.1, 0.15) is 5.75 Å². The third kappa shape index (κ3) is 7.33. The molecule has 0 aromatic heterocycles. The highest BCUT2D eigenvalue weighted by molar-refractivity contribution is 7.89. The maximum Gasteiger partial charge on any atom is 0.298 e. The predicted octanol–water partition coefficient (Wildman–Crippen LogP) is 6.64. The van der Waals surface area contributed by atoms with Crippen molar-refractivity contribution in [3.8, 4) is 16.9 Å². The zero-order valence-corrected chi connectivity index (χ0v) is 27.7. The number of piperidine rings is 1. The van der Waals surface area contributed by atoms with Crippen LogP contribution in [0, 0.1) is 5.92 Å². The molecule has 2 fully saturated rings. The van der Waals surface area contributed by atoms with Gasteiger partial charge < -0.3 is 15.4 Å². The monoisotopic (exact) mass is 695 g/mol. The van der Waals surface area contributed by atoms with Gasteiger partial charge in [0.05, 0.1) is 11.0 Å². The van der Waals surface area contributed by atoms with Crippen molar-refractivity contribution in [3.63, 3.8) is 0 Å². The quantitative estimate of drug-likeness (QED) is 0.193. The van der Waals surface area contributed by atoms with Crippen molar-refractivity contribution in [3.05, 3.63) is 95.5 Å². The molecule has 3 N–H and O–H groups in total. The maximum atomic E-state index is 16.4. The maximum absolute atomic E-state index is 16.4. The second-order valence-corrected chi connectivity index (χ2v) is 14.6. The second-order valence-electron chi connectivity index (χ2n) is 12.5. The van der Waals surface area contributed by atoms with E-state index in [4.69, 9.17) is 22.1 Å². The fourth-order valence-corrected chi connectivity index (χ4v) is 7.76. The summed E-state index contributed by atoms with van der Waals surface area (Å²) in [5.41, 5.74) is 6.26. The molecule has 2 amide bonds. The van der Waals surface area contributed by atoms with Crippen LogP contribution in [0.2, 0.25) is 5.02 Å². The normalized spacial score (nSPS) is 17.0. The standard InChI is InChI=1S/C36H36ClF2N3O5S/c37-29-13-7-24(8-14-29)23-5-11-28(12-6-23)36(38,39)33(35(44)42-19-17-25(18-20-42)34(40)43)41-48(45,46)32-16-10-26-21-31(15-9-27(26)22-32)47-30-3-1-2-4-30/h5-16,21-22,25,30,33,41H,1-4,17-20H2,(H2,40,43)/t33-/m1/s1. The van der Waals surface area contributed by atoms with Gasteiger partial charge in [-0.25, -0.2) is 8.42 Å². The van der Waals surface area contributed by atoms with Gasteiger partial charge in [-0.2, -0.15) is 13.5 Å². The number of hydrogen-bond donors (Lipinski definition) is 2. The number of ether oxygens (including phenoxy) is 1. The number of nitrogens with one attached hydrogen (secondary N) is 1. The number of rotatable bonds is 10. The minimum atomic E-state index is -4.63. The van der Waals surface area contributed by atoms with E-state index in [1.165, 1.54) is 36.4 Å². The molecule has 4 aromatic rings. The lowest BCUT2D eigenvalue weighted by Crippen LogP contribution is -2.57. The van der Waals surface area contributed by atoms with Gasteiger partial charge >= 0.3 is 0 Å². The van der Waals surface area contributed by atoms with Gasteiger partial charge in [0.25, 0.3) is 5.92 Å². The highest BCUT2D eigenvalue weighted by Gasteiger charge is 2.50. The summed E-state index contributed by atoms with van der Waals surface area (Å²) in [6.07, 6.45) is 4.75. The molecule has 252 valence electrons. The Balaban J connectivity index is 1.29. The van der Waals surface area contributed by atoms with Crippen molar-refractivity contribution in [2.75, 3.05) is 13.1 Å². The highest BCUT2D eigenvalue weighted by Crippen LogP contribution is 2.36. The minimum Gasteiger partial charge on any atom is -0.490 e. The highest BCUT2D eigenvalue weighted by atomic mass is 35.5. The lowest BCUT2D eigenvalue weighted by molar-refractivity contribution is -0.146. The number of hydrogen-bond acceptors (Lipinski definition) is 5. The summed E-state index contributed by atoms with van der Waals surface area (Å²) in [5, 5.41) is 1.82. The number of nitrogens with two attached hydrogens (primary N) is 1. The molecule has 1 heterocycles. The van der Waals surface area contributed by atoms with Crippen molar-refractivity contribution in [1.29, 1.82) is 0 Å². The average molecular weight is 696 g/mol. The smallest absolute Gasteiger partial charge is 0.298 e. The number of sulfonamides is 1. The van der Waals surface area contributed by atoms with E-state index in [1.54, 1.807) is 42.5 Å². The number of carbonyl (C=O) groups excluding carboxylic acids is 2. The van der Waals surface area contributed by atoms with E-state index in [-0.39, 0.29) is 36.9 Å². The van der Waals surface area contributed by atoms with E-state index >= 15 is 8.78 Å². The summed E-state index contributed by atoms with van der Waals surface area (Å²) in [6.45, 7) is -0.0328. The number of carbonyl (C=O) groups is 2. The molecule has 0 bridgehead atoms. The molecular weight excluding hydrogens is 660 g/mol. The lowest BCUT2D eigenvalue weighted by Gasteiger charge is -2.35. The summed E-state index contributed by atoms with van der Waals surface area (Å²) in [7, 11) is -4.63. The largest absolute Gasteiger partial charge is 0.490 e. The molecule has 4 aromatic carbocycles. The third-order valence-corrected chi connectivity index (χ3v) is 10.9. The average Bonchev–Trinajstić information content (AvgIpc) is 3.60. The topological polar surface area (TPSA) is 119 Å². The van der Waals surface area contributed by atoms with Gasteiger partial charge in [0.15, 0.2) is 6.04 Å². The van der Waals surface area contributed by atoms with E-state index < -0.39 is 45.3 Å². The summed E-state index contributed by atoms with van der Waals surface area (Å²) >= 11 is 5.98. The van der Waals surface area contributed by atoms with Gasteiger partial charge in [-0.3, -0.25) is 9.59 Å². The van der Waals surface area contributed by atoms with Crippen molar-refractivity contribution < 1.29 is 31.5 Å². The van der Waals surface area contributed by atoms with Crippen LogP contribution in [0.15, 0.2) is 89.8 Å². The van der Waals surface area contributed by atoms with Crippen LogP contribution in [-0.2, 0) is 25.5 Å². The zero-order valence-electron chi connectivity index (χ0n) is 26.1. The second kappa shape index (κ2) is 13.8. The molecule has 12 heteroatoms. The first-order chi connectivity index (χ1) is 22.9. The third-order valence-electron chi connectivity index (χ3n) is 9.24. The number of likely N-dealkylation sites (tertiary alicyclic amines) is 1. The van der Waals surface area contributed by atoms with Crippen LogP contribution in [0.1, 0.15) is 44.1 Å². The molecule has 1 aliphatic heterocycles. The summed E-state index contributed by atoms with van der Waals surface area (Å²) in [6, 6.07) is 19.3. The first-order valence-electron chi connectivity index (χ1n) is 16.0. The molecule has 0 radical (unpaired) electrons. The van der Waals surface area contributed by atoms with Crippen LogP contribution in [-0.4, -0.2) is 50.4 Å². The number of alkyl halides is 2. The summed E-state index contributed by atoms with van der Waals surface area (Å²) in [4.78, 5) is 26.4. The van der Waals surface area contributed by atoms with Crippen molar-refractivity contribution >= 4 is 44.2 Å². The van der Waals surface area contributed by atoms with Gasteiger partial charge in [0.2, 0.25) is 21.8 Å². The molecule has 1 saturated carbocycles. The number of nitrogens with zero attached hydrogens (tertiary/aromatic N) is 1. The first kappa shape index (κ1) is 33.8. The van der Waals surface area contributed by atoms with Crippen LogP contribution >= 0.6 is 11.6 Å². The van der Waals surface area contributed by atoms with Gasteiger partial charge in [0, 0.05) is 29.6 Å². The Morgan fingerprint density at radius 3 is 2.06 bits per heavy atom. The summed E-state index contributed by atoms with van der Waals surface area (Å²) in [5.74, 6) is -5.39. The fourth-order valence-electron chi connectivity index (χ4n) is 6.40. The molecule has 1 saturated heterocycles. The van der Waals surface area contributed by atoms with Crippen LogP contribution in [0.3, 0.4) is 0 Å². The van der Waals surface area contributed by atoms with Gasteiger partial charge in [-0.15, -0.1) is 0 Å². The van der Waals surface area contributed by atoms with E-state index in [9.17, 15) is 18.0 Å². The summed E-state index contributed by atoms with van der Waals surface area (Å²) < 4.78 is 68.5. The van der Waals surface area contributed by atoms with Crippen molar-refractivity contribution in [2.24, 2.45) is 11.7 Å². The predicted molar refractivity (Wildman–Crippen MR) is 180 cm³/mol. The molecule has 48 heavy (non-hydrogen) atoms. The van der Waals surface area contributed by atoms with E-state index in [1.807, 2.05) is 6.07 Å². The first-order valence-corrected chi connectivity index (χ1v) is 17.8. The molecule has 1 aliphatic carbocycles. The SMILES string of the molecule is NC(=O)C1CCN(C(=O)[C@@H](NS(=O)(=O)c2ccc3cc(OC4CCCC4)ccc3c2)C(F)(F)c2ccc(-c3ccc(Cl)cc3)cc2)CC1. The van der Waals surface area contributed by atoms with Crippen LogP contribution in [0.4, 0.5) is 8.78 Å². The minimum absolute atomic E-state index is 0.0164. The Hall–Kier alpha value is -4.06. The molecule has 0 unspecified atom stereocenters. The Morgan fingerprint density at radius 2 is 1.44 bits per heavy atom. The van der Waals surface area contributed by atoms with Crippen molar-refractivity contribution in [2.45, 2.75) is 61.5 Å². The Bertz CT molecular complexity index is 1910. The number of fused-ring (bicyclic) bond motifs is 1. The molecular formula is C36H36ClF2N3O5S. The molecule has 1 atom stereocenters. The fraction of sp³-hybridized carbons (Fsp3) is 0.333. The molecule has 2 aliphatic rings. The molecule has 8 nitrogen and oxygen atoms in total. The van der Waals surface area contributed by atoms with E-state index in [2.05, 4.69) is 4.72 Å². The van der Waals surface area contributed by atoms with Crippen molar-refractivity contribution in [1.82, 2.24) is 9.62 Å². The van der Waals surface area contributed by atoms with Gasteiger partial charge in [-0.05, 0) is 96.8 Å². The molecule has 6 rings (SSSR count).